The van der Waals surface area contributed by atoms with Gasteiger partial charge in [0, 0.05) is 0 Å². The standard InChI is InChI=1S/6FH.9H3N.H3O4P/c;;;;;;;;;;;;;;;1-5(2,3)4/h6*1H;9*1H3;(H3,1,2,3,4). The van der Waals surface area contributed by atoms with Gasteiger partial charge in [0.05, 0.1) is 0 Å². The molecule has 0 heterocycles. The molecule has 0 rings (SSSR count). The van der Waals surface area contributed by atoms with Crippen LogP contribution in [0.4, 0.5) is 0 Å². The van der Waals surface area contributed by atoms with Crippen LogP contribution in [-0.4, -0.2) is 0 Å². The van der Waals surface area contributed by atoms with Crippen LogP contribution < -0.4 is 98.3 Å². The maximum Gasteiger partial charge on any atom is -0.159 e. The van der Waals surface area contributed by atoms with Crippen LogP contribution in [0.2, 0.25) is 0 Å². The second kappa shape index (κ2) is 194. The lowest BCUT2D eigenvalue weighted by Crippen LogP contribution is -3.00. The zero-order valence-corrected chi connectivity index (χ0v) is 14.2. The quantitative estimate of drug-likeness (QED) is 0.148. The largest absolute Gasteiger partial charge is 1.00 e. The first-order chi connectivity index (χ1) is 2.00. The molecule has 0 unspecified atom stereocenters. The third-order valence-electron chi connectivity index (χ3n) is 0. The van der Waals surface area contributed by atoms with E-state index in [9.17, 15) is 0 Å². The van der Waals surface area contributed by atoms with E-state index in [1.165, 1.54) is 0 Å². The average Bonchev–Trinajstić information content (AvgIpc) is 0.722. The Hall–Kier alpha value is -0.670. The molecule has 0 bridgehead atoms. The third kappa shape index (κ3) is 10300. The summed E-state index contributed by atoms with van der Waals surface area (Å²) in [6, 6.07) is 0. The molecule has 0 aliphatic heterocycles. The van der Waals surface area contributed by atoms with Crippen molar-refractivity contribution < 1.29 is 47.5 Å². The fraction of sp³-hybridized carbons (Fsp3) is 0. The van der Waals surface area contributed by atoms with Gasteiger partial charge in [0.25, 0.3) is 0 Å². The van der Waals surface area contributed by atoms with Gasteiger partial charge in [-0.2, -0.15) is 7.82 Å². The summed E-state index contributed by atoms with van der Waals surface area (Å²) in [7, 11) is -5.39. The molecule has 0 saturated heterocycles. The van der Waals surface area contributed by atoms with Crippen LogP contribution in [0.15, 0.2) is 0 Å². The van der Waals surface area contributed by atoms with Crippen molar-refractivity contribution in [3.8, 4) is 0 Å². The Morgan fingerprint density at radius 3 is 0.400 bits per heavy atom. The van der Waals surface area contributed by atoms with Crippen molar-refractivity contribution in [3.63, 3.8) is 0 Å². The highest BCUT2D eigenvalue weighted by Gasteiger charge is 1.44. The summed E-state index contributed by atoms with van der Waals surface area (Å²) in [6.07, 6.45) is 0. The van der Waals surface area contributed by atoms with Crippen molar-refractivity contribution in [1.29, 1.82) is 0 Å². The SMILES string of the molecule is O=P([O-])([O-])[O-].[F-].[F-].[F-].[F-].[F-].[F-].[NH4+].[NH4+].[NH4+].[NH4+].[NH4+].[NH4+].[NH4+].[NH4+].[NH4+]. The fourth-order valence-corrected chi connectivity index (χ4v) is 0. The molecule has 0 fully saturated rings. The number of rotatable bonds is 0. The smallest absolute Gasteiger partial charge is 0.159 e. The highest BCUT2D eigenvalue weighted by molar-refractivity contribution is 7.40. The van der Waals surface area contributed by atoms with Gasteiger partial charge in [-0.25, -0.2) is 0 Å². The van der Waals surface area contributed by atoms with Gasteiger partial charge in [-0.3, -0.25) is 0 Å². The predicted molar refractivity (Wildman–Crippen MR) is 61.5 cm³/mol. The lowest BCUT2D eigenvalue weighted by molar-refractivity contribution is -0.432. The number of halogens is 6. The first kappa shape index (κ1) is 586. The fourth-order valence-electron chi connectivity index (χ4n) is 0. The predicted octanol–water partition coefficient (Wildman–Crippen LogP) is -17.4. The van der Waals surface area contributed by atoms with Crippen LogP contribution in [0.3, 0.4) is 0 Å². The number of hydrogen-bond acceptors (Lipinski definition) is 4. The van der Waals surface area contributed by atoms with Gasteiger partial charge in [-0.15, -0.1) is 0 Å². The molecule has 0 aromatic carbocycles. The molecule has 0 saturated carbocycles. The van der Waals surface area contributed by atoms with Gasteiger partial charge in [-0.1, -0.05) is 0 Å². The third-order valence-corrected chi connectivity index (χ3v) is 0. The molecule has 13 nitrogen and oxygen atoms in total. The summed E-state index contributed by atoms with van der Waals surface area (Å²) >= 11 is 0. The zero-order valence-electron chi connectivity index (χ0n) is 13.3. The van der Waals surface area contributed by atoms with Crippen molar-refractivity contribution in [2.45, 2.75) is 0 Å². The van der Waals surface area contributed by atoms with Gasteiger partial charge in [0.15, 0.2) is 0 Å². The Kier molecular flexibility index (Phi) is 5670. The van der Waals surface area contributed by atoms with Crippen LogP contribution in [-0.2, 0) is 4.57 Å². The summed E-state index contributed by atoms with van der Waals surface area (Å²) in [5.74, 6) is 0. The highest BCUT2D eigenvalue weighted by Crippen LogP contribution is 2.03. The summed E-state index contributed by atoms with van der Waals surface area (Å²) in [5, 5.41) is 0. The first-order valence-electron chi connectivity index (χ1n) is 0.730. The van der Waals surface area contributed by atoms with E-state index in [1.807, 2.05) is 0 Å². The normalized spacial score (nSPS) is 2.95. The van der Waals surface area contributed by atoms with Crippen molar-refractivity contribution in [2.24, 2.45) is 0 Å². The Morgan fingerprint density at radius 1 is 0.400 bits per heavy atom. The van der Waals surface area contributed by atoms with E-state index in [0.717, 1.165) is 0 Å². The lowest BCUT2D eigenvalue weighted by atomic mass is 14.0. The molecule has 0 aromatic rings. The zero-order chi connectivity index (χ0) is 4.50. The van der Waals surface area contributed by atoms with E-state index >= 15 is 0 Å². The van der Waals surface area contributed by atoms with Crippen LogP contribution >= 0.6 is 7.82 Å². The summed E-state index contributed by atoms with van der Waals surface area (Å²) < 4.78 is 8.55. The molecule has 152 valence electrons. The van der Waals surface area contributed by atoms with Crippen LogP contribution in [0.25, 0.3) is 0 Å². The monoisotopic (exact) mass is 371 g/mol. The molecule has 36 N–H and O–H groups in total. The van der Waals surface area contributed by atoms with Crippen molar-refractivity contribution in [3.05, 3.63) is 0 Å². The van der Waals surface area contributed by atoms with E-state index in [4.69, 9.17) is 19.2 Å². The molecule has 0 aromatic heterocycles. The van der Waals surface area contributed by atoms with E-state index in [0.29, 0.717) is 0 Å². The number of quaternary nitrogens is 9. The lowest BCUT2D eigenvalue weighted by Gasteiger charge is -2.36. The molecule has 0 amide bonds. The van der Waals surface area contributed by atoms with Crippen molar-refractivity contribution in [1.82, 2.24) is 55.4 Å². The van der Waals surface area contributed by atoms with Crippen LogP contribution in [0.1, 0.15) is 0 Å². The topological polar surface area (TPSA) is 415 Å². The van der Waals surface area contributed by atoms with E-state index in [2.05, 4.69) is 0 Å². The summed E-state index contributed by atoms with van der Waals surface area (Å²) in [5.41, 5.74) is 0. The minimum Gasteiger partial charge on any atom is -1.00 e. The Morgan fingerprint density at radius 2 is 0.400 bits per heavy atom. The van der Waals surface area contributed by atoms with Gasteiger partial charge in [0.2, 0.25) is 0 Å². The van der Waals surface area contributed by atoms with Crippen molar-refractivity contribution in [2.75, 3.05) is 0 Å². The Labute approximate surface area is 112 Å². The molecular formula is H36F6N9O4P. The van der Waals surface area contributed by atoms with Crippen molar-refractivity contribution >= 4 is 7.82 Å². The van der Waals surface area contributed by atoms with Gasteiger partial charge >= 0.3 is 0 Å². The van der Waals surface area contributed by atoms with E-state index in [-0.39, 0.29) is 83.6 Å². The maximum atomic E-state index is 8.55. The Balaban J connectivity index is -0.000000000762. The second-order valence-corrected chi connectivity index (χ2v) is 1.34. The maximum absolute atomic E-state index is 8.55. The number of hydrogen-bond donors (Lipinski definition) is 9. The molecule has 20 heavy (non-hydrogen) atoms. The van der Waals surface area contributed by atoms with Crippen LogP contribution in [0, 0.1) is 0 Å². The molecule has 0 atom stereocenters. The molecule has 0 spiro atoms. The minimum absolute atomic E-state index is 0. The molecule has 0 radical (unpaired) electrons. The van der Waals surface area contributed by atoms with E-state index < -0.39 is 7.82 Å². The number of phosphoric acid groups is 1. The van der Waals surface area contributed by atoms with Gasteiger partial charge in [0.1, 0.15) is 0 Å². The van der Waals surface area contributed by atoms with E-state index in [1.54, 1.807) is 0 Å². The Bertz CT molecular complexity index is 80.6. The molecular weight excluding hydrogens is 335 g/mol. The average molecular weight is 371 g/mol. The summed E-state index contributed by atoms with van der Waals surface area (Å²) in [6.45, 7) is 0. The first-order valence-corrected chi connectivity index (χ1v) is 2.19. The van der Waals surface area contributed by atoms with Gasteiger partial charge < -0.3 is 103 Å². The molecule has 20 heteroatoms. The summed E-state index contributed by atoms with van der Waals surface area (Å²) in [4.78, 5) is 25.6. The molecule has 0 aliphatic carbocycles. The highest BCUT2D eigenvalue weighted by atomic mass is 31.2. The minimum atomic E-state index is -5.39. The van der Waals surface area contributed by atoms with Gasteiger partial charge in [-0.05, 0) is 0 Å². The second-order valence-electron chi connectivity index (χ2n) is 0.447. The van der Waals surface area contributed by atoms with Crippen LogP contribution in [0.5, 0.6) is 0 Å². The molecule has 0 aliphatic rings.